The number of aryl methyl sites for hydroxylation is 1. The minimum atomic E-state index is -0.213. The maximum absolute atomic E-state index is 12.7. The van der Waals surface area contributed by atoms with E-state index in [9.17, 15) is 9.59 Å². The molecule has 0 spiro atoms. The van der Waals surface area contributed by atoms with E-state index in [1.54, 1.807) is 18.2 Å². The molecular weight excluding hydrogens is 348 g/mol. The summed E-state index contributed by atoms with van der Waals surface area (Å²) < 4.78 is 0. The van der Waals surface area contributed by atoms with Crippen molar-refractivity contribution in [3.63, 3.8) is 0 Å². The van der Waals surface area contributed by atoms with Gasteiger partial charge in [0.2, 0.25) is 5.91 Å². The van der Waals surface area contributed by atoms with Crippen LogP contribution in [0.1, 0.15) is 40.9 Å². The van der Waals surface area contributed by atoms with Crippen molar-refractivity contribution >= 4 is 17.5 Å². The van der Waals surface area contributed by atoms with Crippen LogP contribution in [0.4, 0.5) is 5.69 Å². The van der Waals surface area contributed by atoms with Gasteiger partial charge in [-0.1, -0.05) is 72.8 Å². The van der Waals surface area contributed by atoms with Gasteiger partial charge in [0.05, 0.1) is 17.3 Å². The number of carbonyl (C=O) groups excluding carboxylic acids is 2. The predicted octanol–water partition coefficient (Wildman–Crippen LogP) is 4.75. The maximum atomic E-state index is 12.7. The number of para-hydroxylation sites is 1. The molecule has 4 heteroatoms. The van der Waals surface area contributed by atoms with Crippen LogP contribution in [0.5, 0.6) is 0 Å². The van der Waals surface area contributed by atoms with Crippen molar-refractivity contribution in [3.05, 3.63) is 102 Å². The summed E-state index contributed by atoms with van der Waals surface area (Å²) in [5, 5.41) is 5.87. The highest BCUT2D eigenvalue weighted by atomic mass is 16.2. The molecule has 0 heterocycles. The highest BCUT2D eigenvalue weighted by Gasteiger charge is 2.16. The molecule has 28 heavy (non-hydrogen) atoms. The van der Waals surface area contributed by atoms with Crippen molar-refractivity contribution in [1.82, 2.24) is 5.32 Å². The fourth-order valence-corrected chi connectivity index (χ4v) is 3.00. The summed E-state index contributed by atoms with van der Waals surface area (Å²) in [6, 6.07) is 26.6. The molecule has 0 aliphatic rings. The third-order valence-electron chi connectivity index (χ3n) is 4.58. The molecule has 1 atom stereocenters. The summed E-state index contributed by atoms with van der Waals surface area (Å²) in [6.45, 7) is 1.94. The van der Waals surface area contributed by atoms with Crippen molar-refractivity contribution in [2.75, 3.05) is 5.32 Å². The lowest BCUT2D eigenvalue weighted by molar-refractivity contribution is -0.116. The zero-order valence-corrected chi connectivity index (χ0v) is 15.9. The van der Waals surface area contributed by atoms with E-state index in [1.807, 2.05) is 73.7 Å². The third-order valence-corrected chi connectivity index (χ3v) is 4.58. The number of carbonyl (C=O) groups is 2. The van der Waals surface area contributed by atoms with Crippen LogP contribution in [0.3, 0.4) is 0 Å². The molecule has 2 N–H and O–H groups in total. The van der Waals surface area contributed by atoms with Gasteiger partial charge in [-0.2, -0.15) is 0 Å². The Morgan fingerprint density at radius 2 is 1.43 bits per heavy atom. The summed E-state index contributed by atoms with van der Waals surface area (Å²) in [5.41, 5.74) is 3.12. The summed E-state index contributed by atoms with van der Waals surface area (Å²) >= 11 is 0. The Morgan fingerprint density at radius 3 is 2.14 bits per heavy atom. The Balaban J connectivity index is 1.63. The average Bonchev–Trinajstić information content (AvgIpc) is 2.74. The first-order valence-electron chi connectivity index (χ1n) is 9.42. The fraction of sp³-hybridized carbons (Fsp3) is 0.167. The molecule has 0 aliphatic heterocycles. The molecule has 3 aromatic rings. The quantitative estimate of drug-likeness (QED) is 0.629. The highest BCUT2D eigenvalue weighted by molar-refractivity contribution is 6.03. The lowest BCUT2D eigenvalue weighted by Gasteiger charge is -2.16. The van der Waals surface area contributed by atoms with Gasteiger partial charge >= 0.3 is 0 Å². The van der Waals surface area contributed by atoms with E-state index in [4.69, 9.17) is 0 Å². The van der Waals surface area contributed by atoms with Gasteiger partial charge in [0, 0.05) is 6.42 Å². The molecule has 142 valence electrons. The van der Waals surface area contributed by atoms with Gasteiger partial charge in [0.25, 0.3) is 5.91 Å². The Morgan fingerprint density at radius 1 is 0.821 bits per heavy atom. The zero-order valence-electron chi connectivity index (χ0n) is 15.9. The van der Waals surface area contributed by atoms with Gasteiger partial charge in [-0.3, -0.25) is 9.59 Å². The largest absolute Gasteiger partial charge is 0.345 e. The van der Waals surface area contributed by atoms with Gasteiger partial charge in [0.1, 0.15) is 0 Å². The van der Waals surface area contributed by atoms with Crippen LogP contribution in [0.15, 0.2) is 84.9 Å². The molecule has 2 amide bonds. The minimum Gasteiger partial charge on any atom is -0.345 e. The van der Waals surface area contributed by atoms with E-state index >= 15 is 0 Å². The second-order valence-electron chi connectivity index (χ2n) is 6.69. The van der Waals surface area contributed by atoms with Crippen molar-refractivity contribution < 1.29 is 9.59 Å². The zero-order chi connectivity index (χ0) is 19.8. The predicted molar refractivity (Wildman–Crippen MR) is 112 cm³/mol. The van der Waals surface area contributed by atoms with E-state index in [-0.39, 0.29) is 17.9 Å². The number of benzene rings is 3. The standard InChI is InChI=1S/C24H24N2O2/c1-18(20-12-6-3-7-13-20)25-24(28)21-14-8-9-15-22(21)26-23(27)17-16-19-10-4-2-5-11-19/h2-15,18H,16-17H2,1H3,(H,25,28)(H,26,27)/t18-/m0/s1. The Labute approximate surface area is 165 Å². The Hall–Kier alpha value is -3.40. The van der Waals surface area contributed by atoms with Crippen molar-refractivity contribution in [3.8, 4) is 0 Å². The van der Waals surface area contributed by atoms with Crippen molar-refractivity contribution in [1.29, 1.82) is 0 Å². The average molecular weight is 372 g/mol. The van der Waals surface area contributed by atoms with Crippen molar-refractivity contribution in [2.45, 2.75) is 25.8 Å². The van der Waals surface area contributed by atoms with Gasteiger partial charge in [-0.15, -0.1) is 0 Å². The van der Waals surface area contributed by atoms with Gasteiger partial charge < -0.3 is 10.6 Å². The SMILES string of the molecule is C[C@H](NC(=O)c1ccccc1NC(=O)CCc1ccccc1)c1ccccc1. The number of amides is 2. The molecule has 0 saturated carbocycles. The molecule has 0 bridgehead atoms. The Kier molecular flexibility index (Phi) is 6.58. The lowest BCUT2D eigenvalue weighted by atomic mass is 10.1. The summed E-state index contributed by atoms with van der Waals surface area (Å²) in [5.74, 6) is -0.324. The molecule has 0 fully saturated rings. The first-order valence-corrected chi connectivity index (χ1v) is 9.42. The molecule has 4 nitrogen and oxygen atoms in total. The molecule has 0 radical (unpaired) electrons. The van der Waals surface area contributed by atoms with Crippen LogP contribution < -0.4 is 10.6 Å². The fourth-order valence-electron chi connectivity index (χ4n) is 3.00. The van der Waals surface area contributed by atoms with E-state index < -0.39 is 0 Å². The van der Waals surface area contributed by atoms with Crippen LogP contribution in [0.2, 0.25) is 0 Å². The number of anilines is 1. The normalized spacial score (nSPS) is 11.5. The summed E-state index contributed by atoms with van der Waals surface area (Å²) in [6.07, 6.45) is 1.02. The number of hydrogen-bond donors (Lipinski definition) is 2. The topological polar surface area (TPSA) is 58.2 Å². The molecule has 0 saturated heterocycles. The highest BCUT2D eigenvalue weighted by Crippen LogP contribution is 2.18. The van der Waals surface area contributed by atoms with E-state index in [2.05, 4.69) is 10.6 Å². The van der Waals surface area contributed by atoms with Crippen LogP contribution in [0.25, 0.3) is 0 Å². The van der Waals surface area contributed by atoms with Gasteiger partial charge in [-0.05, 0) is 36.6 Å². The summed E-state index contributed by atoms with van der Waals surface area (Å²) in [4.78, 5) is 25.1. The van der Waals surface area contributed by atoms with E-state index in [0.29, 0.717) is 24.1 Å². The molecular formula is C24H24N2O2. The third kappa shape index (κ3) is 5.30. The summed E-state index contributed by atoms with van der Waals surface area (Å²) in [7, 11) is 0. The van der Waals surface area contributed by atoms with Crippen LogP contribution >= 0.6 is 0 Å². The second-order valence-corrected chi connectivity index (χ2v) is 6.69. The van der Waals surface area contributed by atoms with Crippen LogP contribution in [-0.2, 0) is 11.2 Å². The van der Waals surface area contributed by atoms with Gasteiger partial charge in [0.15, 0.2) is 0 Å². The number of rotatable bonds is 7. The first kappa shape index (κ1) is 19.4. The van der Waals surface area contributed by atoms with Crippen LogP contribution in [0, 0.1) is 0 Å². The van der Waals surface area contributed by atoms with E-state index in [0.717, 1.165) is 11.1 Å². The molecule has 0 aliphatic carbocycles. The van der Waals surface area contributed by atoms with Gasteiger partial charge in [-0.25, -0.2) is 0 Å². The smallest absolute Gasteiger partial charge is 0.253 e. The minimum absolute atomic E-state index is 0.111. The lowest BCUT2D eigenvalue weighted by Crippen LogP contribution is -2.28. The van der Waals surface area contributed by atoms with Crippen LogP contribution in [-0.4, -0.2) is 11.8 Å². The molecule has 0 aromatic heterocycles. The monoisotopic (exact) mass is 372 g/mol. The number of hydrogen-bond acceptors (Lipinski definition) is 2. The van der Waals surface area contributed by atoms with Crippen molar-refractivity contribution in [2.24, 2.45) is 0 Å². The molecule has 3 rings (SSSR count). The second kappa shape index (κ2) is 9.51. The first-order chi connectivity index (χ1) is 13.6. The van der Waals surface area contributed by atoms with E-state index in [1.165, 1.54) is 0 Å². The molecule has 0 unspecified atom stereocenters. The number of nitrogens with one attached hydrogen (secondary N) is 2. The molecule has 3 aromatic carbocycles. The maximum Gasteiger partial charge on any atom is 0.253 e. The Bertz CT molecular complexity index is 924.